The number of hydrogen-bond acceptors (Lipinski definition) is 1. The number of hydrogen-bond donors (Lipinski definition) is 0. The lowest BCUT2D eigenvalue weighted by molar-refractivity contribution is 0.391. The largest absolute Gasteiger partial charge is 0.543 e. The van der Waals surface area contributed by atoms with Gasteiger partial charge in [0.05, 0.1) is 0 Å². The zero-order valence-corrected chi connectivity index (χ0v) is 21.4. The Morgan fingerprint density at radius 3 is 2.44 bits per heavy atom. The second-order valence-electron chi connectivity index (χ2n) is 10.2. The molecule has 0 saturated heterocycles. The van der Waals surface area contributed by atoms with Gasteiger partial charge in [-0.25, -0.2) is 0 Å². The van der Waals surface area contributed by atoms with Gasteiger partial charge in [0.1, 0.15) is 5.76 Å². The molecule has 0 aromatic heterocycles. The van der Waals surface area contributed by atoms with Crippen molar-refractivity contribution < 1.29 is 4.43 Å². The smallest absolute Gasteiger partial charge is 0.259 e. The van der Waals surface area contributed by atoms with E-state index >= 15 is 0 Å². The average Bonchev–Trinajstić information content (AvgIpc) is 3.27. The van der Waals surface area contributed by atoms with Crippen molar-refractivity contribution in [1.29, 1.82) is 0 Å². The van der Waals surface area contributed by atoms with Crippen molar-refractivity contribution in [2.45, 2.75) is 64.6 Å². The molecule has 0 aromatic carbocycles. The molecule has 2 unspecified atom stereocenters. The Morgan fingerprint density at radius 1 is 1.00 bits per heavy atom. The highest BCUT2D eigenvalue weighted by molar-refractivity contribution is 6.77. The molecule has 1 nitrogen and oxygen atoms in total. The van der Waals surface area contributed by atoms with Crippen LogP contribution >= 0.6 is 0 Å². The van der Waals surface area contributed by atoms with Gasteiger partial charge in [0.2, 0.25) is 0 Å². The van der Waals surface area contributed by atoms with E-state index in [-0.39, 0.29) is 0 Å². The molecule has 0 saturated carbocycles. The number of rotatable bonds is 9. The van der Waals surface area contributed by atoms with E-state index in [0.717, 1.165) is 24.6 Å². The van der Waals surface area contributed by atoms with Crippen molar-refractivity contribution in [3.8, 4) is 0 Å². The highest BCUT2D eigenvalue weighted by atomic mass is 28.4. The lowest BCUT2D eigenvalue weighted by Gasteiger charge is -2.39. The predicted octanol–water partition coefficient (Wildman–Crippen LogP) is 8.67. The standard InChI is InChI=1S/C30H38OSi/c1-7-18-32(21(2)3,22(4)5)31-30-20-25-13-9-11-15-28(25)29(30)17-16-26-23(6)19-24-12-8-10-14-27(24)26/h7-15,19-22,25,27H,1,16-18H2,2-6H3. The molecule has 4 aliphatic carbocycles. The maximum Gasteiger partial charge on any atom is 0.259 e. The first kappa shape index (κ1) is 22.9. The molecule has 0 N–H and O–H groups in total. The van der Waals surface area contributed by atoms with Crippen LogP contribution in [0.2, 0.25) is 17.1 Å². The topological polar surface area (TPSA) is 9.23 Å². The molecule has 4 rings (SSSR count). The zero-order chi connectivity index (χ0) is 22.9. The quantitative estimate of drug-likeness (QED) is 0.256. The molecule has 168 valence electrons. The summed E-state index contributed by atoms with van der Waals surface area (Å²) in [7, 11) is -2.03. The fourth-order valence-electron chi connectivity index (χ4n) is 5.83. The molecule has 4 aliphatic rings. The highest BCUT2D eigenvalue weighted by Crippen LogP contribution is 2.46. The monoisotopic (exact) mass is 442 g/mol. The molecule has 0 spiro atoms. The van der Waals surface area contributed by atoms with Gasteiger partial charge in [-0.1, -0.05) is 99.6 Å². The normalized spacial score (nSPS) is 23.8. The summed E-state index contributed by atoms with van der Waals surface area (Å²) in [4.78, 5) is 0. The van der Waals surface area contributed by atoms with Gasteiger partial charge in [0.15, 0.2) is 0 Å². The lowest BCUT2D eigenvalue weighted by atomic mass is 9.87. The molecule has 0 bridgehead atoms. The van der Waals surface area contributed by atoms with Crippen LogP contribution in [0.1, 0.15) is 47.5 Å². The molecule has 0 aromatic rings. The van der Waals surface area contributed by atoms with E-state index in [0.29, 0.717) is 22.9 Å². The summed E-state index contributed by atoms with van der Waals surface area (Å²) >= 11 is 0. The second-order valence-corrected chi connectivity index (χ2v) is 15.0. The lowest BCUT2D eigenvalue weighted by Crippen LogP contribution is -2.44. The molecular weight excluding hydrogens is 404 g/mol. The van der Waals surface area contributed by atoms with Crippen molar-refractivity contribution in [3.63, 3.8) is 0 Å². The minimum absolute atomic E-state index is 0.351. The van der Waals surface area contributed by atoms with Crippen LogP contribution < -0.4 is 0 Å². The van der Waals surface area contributed by atoms with Crippen molar-refractivity contribution in [2.24, 2.45) is 11.8 Å². The van der Waals surface area contributed by atoms with Gasteiger partial charge >= 0.3 is 0 Å². The maximum atomic E-state index is 7.16. The fraction of sp³-hybridized carbons (Fsp3) is 0.400. The summed E-state index contributed by atoms with van der Waals surface area (Å²) in [6.07, 6.45) is 26.9. The Hall–Kier alpha value is -2.32. The molecule has 0 amide bonds. The Balaban J connectivity index is 1.62. The average molecular weight is 443 g/mol. The first-order valence-electron chi connectivity index (χ1n) is 12.2. The van der Waals surface area contributed by atoms with E-state index < -0.39 is 8.32 Å². The molecule has 2 atom stereocenters. The number of fused-ring (bicyclic) bond motifs is 2. The van der Waals surface area contributed by atoms with Crippen molar-refractivity contribution in [1.82, 2.24) is 0 Å². The van der Waals surface area contributed by atoms with Crippen LogP contribution in [-0.4, -0.2) is 8.32 Å². The second kappa shape index (κ2) is 9.27. The fourth-order valence-corrected chi connectivity index (χ4v) is 9.71. The molecule has 32 heavy (non-hydrogen) atoms. The molecule has 0 fully saturated rings. The van der Waals surface area contributed by atoms with E-state index in [2.05, 4.69) is 108 Å². The first-order valence-corrected chi connectivity index (χ1v) is 14.5. The highest BCUT2D eigenvalue weighted by Gasteiger charge is 2.44. The SMILES string of the molecule is C=CC[Si](OC1=CC2C=CC=CC2=C1CCC1=C(C)C=C2C=CC=CC21)(C(C)C)C(C)C. The van der Waals surface area contributed by atoms with Crippen molar-refractivity contribution in [3.05, 3.63) is 107 Å². The van der Waals surface area contributed by atoms with E-state index in [4.69, 9.17) is 4.43 Å². The Labute approximate surface area is 196 Å². The summed E-state index contributed by atoms with van der Waals surface area (Å²) in [6.45, 7) is 15.7. The summed E-state index contributed by atoms with van der Waals surface area (Å²) in [5.74, 6) is 1.96. The molecule has 0 radical (unpaired) electrons. The molecule has 2 heteroatoms. The van der Waals surface area contributed by atoms with Crippen molar-refractivity contribution >= 4 is 8.32 Å². The third-order valence-electron chi connectivity index (χ3n) is 7.73. The summed E-state index contributed by atoms with van der Waals surface area (Å²) in [5.41, 5.74) is 8.35. The van der Waals surface area contributed by atoms with Gasteiger partial charge in [0, 0.05) is 11.8 Å². The van der Waals surface area contributed by atoms with Gasteiger partial charge in [-0.05, 0) is 59.7 Å². The molecule has 0 heterocycles. The molecule has 0 aliphatic heterocycles. The van der Waals surface area contributed by atoms with Crippen LogP contribution in [0.5, 0.6) is 0 Å². The first-order chi connectivity index (χ1) is 15.4. The van der Waals surface area contributed by atoms with Crippen LogP contribution in [0.15, 0.2) is 107 Å². The van der Waals surface area contributed by atoms with Gasteiger partial charge in [0.25, 0.3) is 8.32 Å². The summed E-state index contributed by atoms with van der Waals surface area (Å²) in [5, 5.41) is 0. The van der Waals surface area contributed by atoms with E-state index in [1.165, 1.54) is 22.3 Å². The van der Waals surface area contributed by atoms with Crippen LogP contribution in [0, 0.1) is 11.8 Å². The van der Waals surface area contributed by atoms with Crippen LogP contribution in [0.3, 0.4) is 0 Å². The van der Waals surface area contributed by atoms with Gasteiger partial charge < -0.3 is 4.43 Å². The van der Waals surface area contributed by atoms with Gasteiger partial charge in [-0.15, -0.1) is 6.58 Å². The van der Waals surface area contributed by atoms with Gasteiger partial charge in [-0.2, -0.15) is 0 Å². The van der Waals surface area contributed by atoms with E-state index in [9.17, 15) is 0 Å². The Kier molecular flexibility index (Phi) is 6.62. The van der Waals surface area contributed by atoms with Crippen LogP contribution in [0.25, 0.3) is 0 Å². The zero-order valence-electron chi connectivity index (χ0n) is 20.4. The van der Waals surface area contributed by atoms with Gasteiger partial charge in [-0.3, -0.25) is 0 Å². The minimum atomic E-state index is -2.03. The molecular formula is C30H38OSi. The number of allylic oxidation sites excluding steroid dienone is 16. The Morgan fingerprint density at radius 2 is 1.72 bits per heavy atom. The predicted molar refractivity (Wildman–Crippen MR) is 141 cm³/mol. The third-order valence-corrected chi connectivity index (χ3v) is 13.2. The minimum Gasteiger partial charge on any atom is -0.543 e. The van der Waals surface area contributed by atoms with Crippen LogP contribution in [0.4, 0.5) is 0 Å². The van der Waals surface area contributed by atoms with Crippen LogP contribution in [-0.2, 0) is 4.43 Å². The van der Waals surface area contributed by atoms with E-state index in [1.54, 1.807) is 5.57 Å². The van der Waals surface area contributed by atoms with E-state index in [1.807, 2.05) is 0 Å². The summed E-state index contributed by atoms with van der Waals surface area (Å²) < 4.78 is 7.16. The Bertz CT molecular complexity index is 1010. The maximum absolute atomic E-state index is 7.16. The van der Waals surface area contributed by atoms with Crippen molar-refractivity contribution in [2.75, 3.05) is 0 Å². The summed E-state index contributed by atoms with van der Waals surface area (Å²) in [6, 6.07) is 0.995. The third kappa shape index (κ3) is 4.06.